The van der Waals surface area contributed by atoms with Crippen molar-refractivity contribution in [1.29, 1.82) is 0 Å². The monoisotopic (exact) mass is 183 g/mol. The van der Waals surface area contributed by atoms with Gasteiger partial charge >= 0.3 is 0 Å². The van der Waals surface area contributed by atoms with Gasteiger partial charge in [0.25, 0.3) is 0 Å². The Morgan fingerprint density at radius 1 is 1.69 bits per heavy atom. The van der Waals surface area contributed by atoms with E-state index < -0.39 is 0 Å². The van der Waals surface area contributed by atoms with Gasteiger partial charge in [0.2, 0.25) is 0 Å². The molecule has 0 saturated carbocycles. The van der Waals surface area contributed by atoms with Crippen LogP contribution in [-0.2, 0) is 11.8 Å². The van der Waals surface area contributed by atoms with Crippen LogP contribution in [0.3, 0.4) is 0 Å². The maximum atomic E-state index is 9.41. The second-order valence-electron chi connectivity index (χ2n) is 3.35. The molecule has 2 unspecified atom stereocenters. The van der Waals surface area contributed by atoms with E-state index in [0.29, 0.717) is 13.0 Å². The number of aliphatic hydroxyl groups excluding tert-OH is 1. The van der Waals surface area contributed by atoms with E-state index in [4.69, 9.17) is 4.74 Å². The van der Waals surface area contributed by atoms with Gasteiger partial charge in [-0.3, -0.25) is 4.68 Å². The molecule has 72 valence electrons. The zero-order valence-corrected chi connectivity index (χ0v) is 7.55. The molecule has 2 atom stereocenters. The van der Waals surface area contributed by atoms with Crippen molar-refractivity contribution in [3.05, 3.63) is 11.9 Å². The van der Waals surface area contributed by atoms with Crippen LogP contribution in [0.4, 0.5) is 0 Å². The van der Waals surface area contributed by atoms with Crippen molar-refractivity contribution in [2.45, 2.75) is 25.0 Å². The first kappa shape index (κ1) is 8.65. The Morgan fingerprint density at radius 3 is 3.15 bits per heavy atom. The fourth-order valence-corrected chi connectivity index (χ4v) is 1.50. The Kier molecular flexibility index (Phi) is 2.28. The minimum absolute atomic E-state index is 0.0857. The third-order valence-electron chi connectivity index (χ3n) is 2.21. The summed E-state index contributed by atoms with van der Waals surface area (Å²) in [7, 11) is 1.82. The SMILES string of the molecule is Cn1cc(C2CC(O)CCO2)nn1. The molecule has 5 nitrogen and oxygen atoms in total. The lowest BCUT2D eigenvalue weighted by atomic mass is 10.0. The predicted molar refractivity (Wildman–Crippen MR) is 44.9 cm³/mol. The van der Waals surface area contributed by atoms with Crippen LogP contribution in [0.25, 0.3) is 0 Å². The highest BCUT2D eigenvalue weighted by Gasteiger charge is 2.24. The fraction of sp³-hybridized carbons (Fsp3) is 0.750. The summed E-state index contributed by atoms with van der Waals surface area (Å²) >= 11 is 0. The molecule has 0 aliphatic carbocycles. The topological polar surface area (TPSA) is 60.2 Å². The molecule has 5 heteroatoms. The van der Waals surface area contributed by atoms with Crippen LogP contribution in [0.2, 0.25) is 0 Å². The maximum Gasteiger partial charge on any atom is 0.112 e. The van der Waals surface area contributed by atoms with E-state index in [-0.39, 0.29) is 12.2 Å². The molecule has 1 fully saturated rings. The number of ether oxygens (including phenoxy) is 1. The number of aromatic nitrogens is 3. The highest BCUT2D eigenvalue weighted by Crippen LogP contribution is 2.25. The number of rotatable bonds is 1. The first-order valence-corrected chi connectivity index (χ1v) is 4.41. The Labute approximate surface area is 76.3 Å². The summed E-state index contributed by atoms with van der Waals surface area (Å²) in [5.74, 6) is 0. The molecule has 0 amide bonds. The van der Waals surface area contributed by atoms with E-state index in [0.717, 1.165) is 12.1 Å². The standard InChI is InChI=1S/C8H13N3O2/c1-11-5-7(9-10-11)8-4-6(12)2-3-13-8/h5-6,8,12H,2-4H2,1H3. The van der Waals surface area contributed by atoms with Crippen LogP contribution < -0.4 is 0 Å². The predicted octanol–water partition coefficient (Wildman–Crippen LogP) is 0.0275. The highest BCUT2D eigenvalue weighted by molar-refractivity contribution is 4.99. The number of nitrogens with zero attached hydrogens (tertiary/aromatic N) is 3. The summed E-state index contributed by atoms with van der Waals surface area (Å²) in [5, 5.41) is 17.2. The van der Waals surface area contributed by atoms with Gasteiger partial charge in [0, 0.05) is 20.1 Å². The van der Waals surface area contributed by atoms with Gasteiger partial charge < -0.3 is 9.84 Å². The molecule has 2 heterocycles. The lowest BCUT2D eigenvalue weighted by Crippen LogP contribution is -2.23. The molecule has 0 aromatic carbocycles. The molecular formula is C8H13N3O2. The average molecular weight is 183 g/mol. The van der Waals surface area contributed by atoms with Gasteiger partial charge in [-0.1, -0.05) is 5.21 Å². The van der Waals surface area contributed by atoms with E-state index in [1.54, 1.807) is 4.68 Å². The Morgan fingerprint density at radius 2 is 2.54 bits per heavy atom. The summed E-state index contributed by atoms with van der Waals surface area (Å²) in [6.07, 6.45) is 2.82. The molecule has 0 bridgehead atoms. The molecule has 1 aliphatic heterocycles. The number of aliphatic hydroxyl groups is 1. The molecule has 1 aliphatic rings. The molecule has 1 saturated heterocycles. The molecule has 13 heavy (non-hydrogen) atoms. The number of hydrogen-bond donors (Lipinski definition) is 1. The quantitative estimate of drug-likeness (QED) is 0.667. The summed E-state index contributed by atoms with van der Waals surface area (Å²) in [6.45, 7) is 0.600. The van der Waals surface area contributed by atoms with Crippen molar-refractivity contribution in [2.24, 2.45) is 7.05 Å². The summed E-state index contributed by atoms with van der Waals surface area (Å²) in [6, 6.07) is 0. The molecule has 1 aromatic heterocycles. The van der Waals surface area contributed by atoms with Gasteiger partial charge in [-0.25, -0.2) is 0 Å². The summed E-state index contributed by atoms with van der Waals surface area (Å²) < 4.78 is 7.11. The van der Waals surface area contributed by atoms with Gasteiger partial charge in [0.15, 0.2) is 0 Å². The van der Waals surface area contributed by atoms with Gasteiger partial charge in [0.1, 0.15) is 11.8 Å². The summed E-state index contributed by atoms with van der Waals surface area (Å²) in [4.78, 5) is 0. The van der Waals surface area contributed by atoms with E-state index in [9.17, 15) is 5.11 Å². The third kappa shape index (κ3) is 1.87. The molecule has 1 aromatic rings. The van der Waals surface area contributed by atoms with Crippen LogP contribution >= 0.6 is 0 Å². The lowest BCUT2D eigenvalue weighted by Gasteiger charge is -2.24. The first-order valence-electron chi connectivity index (χ1n) is 4.41. The normalized spacial score (nSPS) is 29.1. The molecule has 0 radical (unpaired) electrons. The minimum atomic E-state index is -0.263. The zero-order chi connectivity index (χ0) is 9.26. The number of aryl methyl sites for hydroxylation is 1. The van der Waals surface area contributed by atoms with Crippen molar-refractivity contribution < 1.29 is 9.84 Å². The Hall–Kier alpha value is -0.940. The highest BCUT2D eigenvalue weighted by atomic mass is 16.5. The second-order valence-corrected chi connectivity index (χ2v) is 3.35. The van der Waals surface area contributed by atoms with Crippen molar-refractivity contribution in [3.8, 4) is 0 Å². The van der Waals surface area contributed by atoms with Gasteiger partial charge in [0.05, 0.1) is 12.3 Å². The summed E-state index contributed by atoms with van der Waals surface area (Å²) in [5.41, 5.74) is 0.807. The molecule has 1 N–H and O–H groups in total. The molecule has 0 spiro atoms. The van der Waals surface area contributed by atoms with Crippen LogP contribution in [0.1, 0.15) is 24.6 Å². The van der Waals surface area contributed by atoms with Crippen molar-refractivity contribution in [3.63, 3.8) is 0 Å². The van der Waals surface area contributed by atoms with Crippen LogP contribution in [0, 0.1) is 0 Å². The van der Waals surface area contributed by atoms with Gasteiger partial charge in [-0.15, -0.1) is 5.10 Å². The van der Waals surface area contributed by atoms with Crippen LogP contribution in [-0.4, -0.2) is 32.8 Å². The Balaban J connectivity index is 2.08. The largest absolute Gasteiger partial charge is 0.393 e. The van der Waals surface area contributed by atoms with E-state index >= 15 is 0 Å². The van der Waals surface area contributed by atoms with Crippen molar-refractivity contribution >= 4 is 0 Å². The lowest BCUT2D eigenvalue weighted by molar-refractivity contribution is -0.0466. The molecular weight excluding hydrogens is 170 g/mol. The smallest absolute Gasteiger partial charge is 0.112 e. The van der Waals surface area contributed by atoms with Crippen LogP contribution in [0.5, 0.6) is 0 Å². The van der Waals surface area contributed by atoms with Crippen molar-refractivity contribution in [1.82, 2.24) is 15.0 Å². The van der Waals surface area contributed by atoms with Crippen molar-refractivity contribution in [2.75, 3.05) is 6.61 Å². The fourth-order valence-electron chi connectivity index (χ4n) is 1.50. The third-order valence-corrected chi connectivity index (χ3v) is 2.21. The van der Waals surface area contributed by atoms with Gasteiger partial charge in [-0.2, -0.15) is 0 Å². The first-order chi connectivity index (χ1) is 6.25. The zero-order valence-electron chi connectivity index (χ0n) is 7.55. The second kappa shape index (κ2) is 3.43. The van der Waals surface area contributed by atoms with Gasteiger partial charge in [-0.05, 0) is 6.42 Å². The van der Waals surface area contributed by atoms with E-state index in [1.807, 2.05) is 13.2 Å². The average Bonchev–Trinajstić information content (AvgIpc) is 2.52. The van der Waals surface area contributed by atoms with Crippen LogP contribution in [0.15, 0.2) is 6.20 Å². The van der Waals surface area contributed by atoms with E-state index in [2.05, 4.69) is 10.3 Å². The number of hydrogen-bond acceptors (Lipinski definition) is 4. The Bertz CT molecular complexity index is 287. The van der Waals surface area contributed by atoms with E-state index in [1.165, 1.54) is 0 Å². The maximum absolute atomic E-state index is 9.41. The molecule has 2 rings (SSSR count). The minimum Gasteiger partial charge on any atom is -0.393 e.